The fourth-order valence-corrected chi connectivity index (χ4v) is 4.29. The zero-order chi connectivity index (χ0) is 18.1. The SMILES string of the molecule is CCCCCCCCCCCCC1=CC=CC(C)(S(=O)(=O)O)C1C. The second kappa shape index (κ2) is 10.4. The largest absolute Gasteiger partial charge is 0.285 e. The van der Waals surface area contributed by atoms with Crippen LogP contribution in [-0.4, -0.2) is 17.7 Å². The van der Waals surface area contributed by atoms with Gasteiger partial charge in [-0.2, -0.15) is 8.42 Å². The van der Waals surface area contributed by atoms with Crippen LogP contribution in [0.5, 0.6) is 0 Å². The van der Waals surface area contributed by atoms with E-state index in [2.05, 4.69) is 6.92 Å². The van der Waals surface area contributed by atoms with Crippen molar-refractivity contribution in [1.82, 2.24) is 0 Å². The Kier molecular flexibility index (Phi) is 9.28. The standard InChI is InChI=1S/C20H36O3S/c1-4-5-6-7-8-9-10-11-12-13-15-19-16-14-17-20(3,18(19)2)24(21,22)23/h14,16-18H,4-13,15H2,1-3H3,(H,21,22,23). The minimum atomic E-state index is -4.09. The molecule has 0 radical (unpaired) electrons. The lowest BCUT2D eigenvalue weighted by Crippen LogP contribution is -2.41. The summed E-state index contributed by atoms with van der Waals surface area (Å²) in [6, 6.07) is 0. The highest BCUT2D eigenvalue weighted by Crippen LogP contribution is 2.37. The Balaban J connectivity index is 2.22. The van der Waals surface area contributed by atoms with E-state index in [4.69, 9.17) is 0 Å². The number of unbranched alkanes of at least 4 members (excludes halogenated alkanes) is 9. The molecule has 1 N–H and O–H groups in total. The number of allylic oxidation sites excluding steroid dienone is 3. The van der Waals surface area contributed by atoms with Gasteiger partial charge in [-0.3, -0.25) is 4.55 Å². The minimum Gasteiger partial charge on any atom is -0.285 e. The van der Waals surface area contributed by atoms with Gasteiger partial charge in [0.2, 0.25) is 0 Å². The van der Waals surface area contributed by atoms with Crippen LogP contribution in [0.4, 0.5) is 0 Å². The molecule has 1 aliphatic carbocycles. The summed E-state index contributed by atoms with van der Waals surface area (Å²) in [6.07, 6.45) is 19.3. The lowest BCUT2D eigenvalue weighted by Gasteiger charge is -2.33. The third-order valence-corrected chi connectivity index (χ3v) is 7.13. The highest BCUT2D eigenvalue weighted by atomic mass is 32.2. The summed E-state index contributed by atoms with van der Waals surface area (Å²) < 4.78 is 31.7. The van der Waals surface area contributed by atoms with Crippen molar-refractivity contribution in [1.29, 1.82) is 0 Å². The van der Waals surface area contributed by atoms with E-state index in [0.717, 1.165) is 18.4 Å². The van der Waals surface area contributed by atoms with Crippen molar-refractivity contribution >= 4 is 10.1 Å². The van der Waals surface area contributed by atoms with E-state index in [9.17, 15) is 13.0 Å². The second-order valence-electron chi connectivity index (χ2n) is 7.41. The van der Waals surface area contributed by atoms with Gasteiger partial charge in [-0.1, -0.05) is 95.4 Å². The highest BCUT2D eigenvalue weighted by molar-refractivity contribution is 7.87. The topological polar surface area (TPSA) is 54.4 Å². The molecule has 0 fully saturated rings. The quantitative estimate of drug-likeness (QED) is 0.341. The van der Waals surface area contributed by atoms with Gasteiger partial charge in [0.25, 0.3) is 10.1 Å². The van der Waals surface area contributed by atoms with Gasteiger partial charge >= 0.3 is 0 Å². The molecule has 0 aromatic carbocycles. The molecule has 1 aliphatic rings. The summed E-state index contributed by atoms with van der Waals surface area (Å²) in [6.45, 7) is 5.76. The number of hydrogen-bond donors (Lipinski definition) is 1. The Labute approximate surface area is 149 Å². The molecule has 0 spiro atoms. The van der Waals surface area contributed by atoms with Crippen LogP contribution in [0, 0.1) is 5.92 Å². The number of rotatable bonds is 12. The molecule has 0 aliphatic heterocycles. The first-order valence-electron chi connectivity index (χ1n) is 9.68. The average Bonchev–Trinajstić information content (AvgIpc) is 2.52. The maximum atomic E-state index is 11.7. The molecule has 0 saturated heterocycles. The van der Waals surface area contributed by atoms with Crippen molar-refractivity contribution in [2.45, 2.75) is 96.1 Å². The molecule has 2 unspecified atom stereocenters. The van der Waals surface area contributed by atoms with Crippen LogP contribution in [-0.2, 0) is 10.1 Å². The summed E-state index contributed by atoms with van der Waals surface area (Å²) >= 11 is 0. The van der Waals surface area contributed by atoms with E-state index in [1.165, 1.54) is 57.8 Å². The Hall–Kier alpha value is -0.610. The van der Waals surface area contributed by atoms with Crippen LogP contribution in [0.15, 0.2) is 23.8 Å². The molecule has 140 valence electrons. The molecule has 4 heteroatoms. The van der Waals surface area contributed by atoms with Gasteiger partial charge in [-0.05, 0) is 19.8 Å². The zero-order valence-corrected chi connectivity index (χ0v) is 16.6. The summed E-state index contributed by atoms with van der Waals surface area (Å²) in [5.74, 6) is -0.170. The van der Waals surface area contributed by atoms with E-state index >= 15 is 0 Å². The van der Waals surface area contributed by atoms with Crippen molar-refractivity contribution in [3.8, 4) is 0 Å². The van der Waals surface area contributed by atoms with Crippen LogP contribution >= 0.6 is 0 Å². The van der Waals surface area contributed by atoms with Crippen LogP contribution in [0.2, 0.25) is 0 Å². The minimum absolute atomic E-state index is 0.170. The lowest BCUT2D eigenvalue weighted by molar-refractivity contribution is 0.414. The summed E-state index contributed by atoms with van der Waals surface area (Å²) in [5, 5.41) is 0. The van der Waals surface area contributed by atoms with E-state index < -0.39 is 14.9 Å². The van der Waals surface area contributed by atoms with E-state index in [1.54, 1.807) is 19.1 Å². The smallest absolute Gasteiger partial charge is 0.274 e. The fraction of sp³-hybridized carbons (Fsp3) is 0.800. The van der Waals surface area contributed by atoms with E-state index in [1.807, 2.05) is 13.0 Å². The summed E-state index contributed by atoms with van der Waals surface area (Å²) in [5.41, 5.74) is 1.14. The first-order valence-corrected chi connectivity index (χ1v) is 11.1. The van der Waals surface area contributed by atoms with Gasteiger partial charge in [0.15, 0.2) is 0 Å². The van der Waals surface area contributed by atoms with Gasteiger partial charge < -0.3 is 0 Å². The first-order chi connectivity index (χ1) is 11.3. The summed E-state index contributed by atoms with van der Waals surface area (Å²) in [7, 11) is -4.09. The highest BCUT2D eigenvalue weighted by Gasteiger charge is 2.43. The molecule has 24 heavy (non-hydrogen) atoms. The molecule has 0 aromatic rings. The van der Waals surface area contributed by atoms with Crippen LogP contribution in [0.3, 0.4) is 0 Å². The van der Waals surface area contributed by atoms with Gasteiger partial charge in [0, 0.05) is 5.92 Å². The maximum Gasteiger partial charge on any atom is 0.274 e. The van der Waals surface area contributed by atoms with Crippen LogP contribution < -0.4 is 0 Å². The van der Waals surface area contributed by atoms with Crippen molar-refractivity contribution in [2.75, 3.05) is 0 Å². The Morgan fingerprint density at radius 2 is 1.50 bits per heavy atom. The molecule has 0 heterocycles. The predicted molar refractivity (Wildman–Crippen MR) is 103 cm³/mol. The Morgan fingerprint density at radius 3 is 2.00 bits per heavy atom. The van der Waals surface area contributed by atoms with Gasteiger partial charge in [0.1, 0.15) is 4.75 Å². The van der Waals surface area contributed by atoms with Gasteiger partial charge in [0.05, 0.1) is 0 Å². The van der Waals surface area contributed by atoms with Gasteiger partial charge in [-0.25, -0.2) is 0 Å². The van der Waals surface area contributed by atoms with E-state index in [-0.39, 0.29) is 5.92 Å². The second-order valence-corrected chi connectivity index (χ2v) is 9.24. The molecule has 1 rings (SSSR count). The third-order valence-electron chi connectivity index (χ3n) is 5.53. The molecule has 0 amide bonds. The van der Waals surface area contributed by atoms with Crippen molar-refractivity contribution in [3.05, 3.63) is 23.8 Å². The average molecular weight is 357 g/mol. The predicted octanol–water partition coefficient (Wildman–Crippen LogP) is 6.08. The van der Waals surface area contributed by atoms with Crippen molar-refractivity contribution in [2.24, 2.45) is 5.92 Å². The maximum absolute atomic E-state index is 11.7. The Morgan fingerprint density at radius 1 is 1.00 bits per heavy atom. The zero-order valence-electron chi connectivity index (χ0n) is 15.8. The molecular weight excluding hydrogens is 320 g/mol. The molecule has 3 nitrogen and oxygen atoms in total. The first kappa shape index (κ1) is 21.4. The van der Waals surface area contributed by atoms with E-state index in [0.29, 0.717) is 0 Å². The molecule has 0 saturated carbocycles. The molecular formula is C20H36O3S. The number of hydrogen-bond acceptors (Lipinski definition) is 2. The van der Waals surface area contributed by atoms with Crippen LogP contribution in [0.25, 0.3) is 0 Å². The van der Waals surface area contributed by atoms with Crippen molar-refractivity contribution < 1.29 is 13.0 Å². The third kappa shape index (κ3) is 6.36. The lowest BCUT2D eigenvalue weighted by atomic mass is 9.81. The Bertz CT molecular complexity index is 519. The fourth-order valence-electron chi connectivity index (χ4n) is 3.45. The molecule has 0 bridgehead atoms. The van der Waals surface area contributed by atoms with Gasteiger partial charge in [-0.15, -0.1) is 0 Å². The monoisotopic (exact) mass is 356 g/mol. The van der Waals surface area contributed by atoms with Crippen molar-refractivity contribution in [3.63, 3.8) is 0 Å². The normalized spacial score (nSPS) is 24.2. The molecule has 2 atom stereocenters. The summed E-state index contributed by atoms with van der Waals surface area (Å²) in [4.78, 5) is 0. The molecule has 0 aromatic heterocycles. The van der Waals surface area contributed by atoms with Crippen LogP contribution in [0.1, 0.15) is 91.4 Å².